The van der Waals surface area contributed by atoms with Crippen LogP contribution in [-0.2, 0) is 28.9 Å². The molecule has 2 atom stereocenters. The van der Waals surface area contributed by atoms with Crippen molar-refractivity contribution in [2.45, 2.75) is 88.2 Å². The molecule has 0 aliphatic carbocycles. The van der Waals surface area contributed by atoms with E-state index < -0.39 is 79.4 Å². The second-order valence-electron chi connectivity index (χ2n) is 20.1. The van der Waals surface area contributed by atoms with Gasteiger partial charge in [-0.3, -0.25) is 29.0 Å². The van der Waals surface area contributed by atoms with E-state index in [2.05, 4.69) is 39.3 Å². The molecule has 3 aromatic carbocycles. The summed E-state index contributed by atoms with van der Waals surface area (Å²) in [5.41, 5.74) is -3.62. The molecule has 4 aliphatic rings. The van der Waals surface area contributed by atoms with Crippen molar-refractivity contribution in [3.63, 3.8) is 0 Å². The van der Waals surface area contributed by atoms with Gasteiger partial charge in [0.15, 0.2) is 23.0 Å². The molecule has 4 heterocycles. The van der Waals surface area contributed by atoms with Gasteiger partial charge in [0.25, 0.3) is 33.5 Å². The summed E-state index contributed by atoms with van der Waals surface area (Å²) < 4.78 is 107. The Hall–Kier alpha value is -5.89. The van der Waals surface area contributed by atoms with Crippen molar-refractivity contribution in [3.05, 3.63) is 82.5 Å². The van der Waals surface area contributed by atoms with Gasteiger partial charge < -0.3 is 43.0 Å². The zero-order valence-corrected chi connectivity index (χ0v) is 44.7. The summed E-state index contributed by atoms with van der Waals surface area (Å²) in [6, 6.07) is 12.4. The average Bonchev–Trinajstić information content (AvgIpc) is 3.96. The van der Waals surface area contributed by atoms with E-state index in [-0.39, 0.29) is 85.1 Å². The number of carbonyl (C=O) groups is 4. The number of carbonyl (C=O) groups excluding carboxylic acids is 4. The Labute approximate surface area is 419 Å². The summed E-state index contributed by atoms with van der Waals surface area (Å²) in [4.78, 5) is 60.9. The molecular formula is C49H61F3N4O13SSi2. The Morgan fingerprint density at radius 2 is 1.07 bits per heavy atom. The van der Waals surface area contributed by atoms with Crippen LogP contribution >= 0.6 is 0 Å². The third kappa shape index (κ3) is 11.5. The molecular weight excluding hydrogens is 998 g/mol. The Morgan fingerprint density at radius 3 is 1.50 bits per heavy atom. The summed E-state index contributed by atoms with van der Waals surface area (Å²) in [7, 11) is -4.62. The SMILES string of the molecule is COc1ccc(C2=CN3C(=O)c4cc(OC)c(OCCCOc5cc6c(cc5OC)C(=O)N5C=C(S(=O)(=O)C(F)(F)F)C[C@H]5C(=O)N6COCC[Si](C)(C)C)cc4N(COCC[Si](C)(C)C)C(=O)[C@@H]3C2)cc1. The lowest BCUT2D eigenvalue weighted by Gasteiger charge is -2.27. The number of halogens is 3. The topological polar surface area (TPSA) is 180 Å². The van der Waals surface area contributed by atoms with Crippen LogP contribution in [0.1, 0.15) is 45.5 Å². The molecule has 3 aromatic rings. The van der Waals surface area contributed by atoms with Gasteiger partial charge in [-0.15, -0.1) is 0 Å². The maximum absolute atomic E-state index is 14.6. The average molecular weight is 1060 g/mol. The highest BCUT2D eigenvalue weighted by Crippen LogP contribution is 2.45. The van der Waals surface area contributed by atoms with Crippen molar-refractivity contribution >= 4 is 66.6 Å². The number of nitrogens with zero attached hydrogens (tertiary/aromatic N) is 4. The highest BCUT2D eigenvalue weighted by molar-refractivity contribution is 7.96. The first-order chi connectivity index (χ1) is 33.9. The Kier molecular flexibility index (Phi) is 15.9. The van der Waals surface area contributed by atoms with Gasteiger partial charge in [0, 0.05) is 73.2 Å². The zero-order valence-electron chi connectivity index (χ0n) is 41.8. The fourth-order valence-corrected chi connectivity index (χ4v) is 10.8. The fourth-order valence-electron chi connectivity index (χ4n) is 8.41. The molecule has 0 unspecified atom stereocenters. The smallest absolute Gasteiger partial charge is 0.497 e. The number of fused-ring (bicyclic) bond motifs is 4. The molecule has 17 nitrogen and oxygen atoms in total. The van der Waals surface area contributed by atoms with E-state index in [0.717, 1.165) is 22.1 Å². The van der Waals surface area contributed by atoms with Crippen molar-refractivity contribution < 1.29 is 73.9 Å². The number of rotatable bonds is 21. The molecule has 0 aromatic heterocycles. The maximum atomic E-state index is 14.6. The van der Waals surface area contributed by atoms with E-state index in [0.29, 0.717) is 35.2 Å². The van der Waals surface area contributed by atoms with Gasteiger partial charge in [0.2, 0.25) is 0 Å². The lowest BCUT2D eigenvalue weighted by Crippen LogP contribution is -2.45. The van der Waals surface area contributed by atoms with E-state index >= 15 is 0 Å². The molecule has 390 valence electrons. The minimum Gasteiger partial charge on any atom is -0.497 e. The number of methoxy groups -OCH3 is 3. The van der Waals surface area contributed by atoms with Gasteiger partial charge in [0.1, 0.15) is 31.3 Å². The summed E-state index contributed by atoms with van der Waals surface area (Å²) in [6.07, 6.45) is 1.91. The maximum Gasteiger partial charge on any atom is 0.501 e. The van der Waals surface area contributed by atoms with E-state index in [9.17, 15) is 40.8 Å². The van der Waals surface area contributed by atoms with Crippen LogP contribution in [0.3, 0.4) is 0 Å². The first-order valence-corrected chi connectivity index (χ1v) is 32.3. The van der Waals surface area contributed by atoms with E-state index in [4.69, 9.17) is 33.2 Å². The molecule has 72 heavy (non-hydrogen) atoms. The Balaban J connectivity index is 1.12. The number of sulfone groups is 1. The van der Waals surface area contributed by atoms with E-state index in [1.54, 1.807) is 25.4 Å². The van der Waals surface area contributed by atoms with Gasteiger partial charge in [-0.1, -0.05) is 51.4 Å². The number of alkyl halides is 3. The van der Waals surface area contributed by atoms with E-state index in [1.165, 1.54) is 36.2 Å². The number of hydrogen-bond acceptors (Lipinski definition) is 13. The third-order valence-corrected chi connectivity index (χ3v) is 17.6. The highest BCUT2D eigenvalue weighted by Gasteiger charge is 2.53. The van der Waals surface area contributed by atoms with Crippen molar-refractivity contribution in [2.75, 3.05) is 71.0 Å². The molecule has 0 fully saturated rings. The van der Waals surface area contributed by atoms with Gasteiger partial charge in [-0.2, -0.15) is 13.2 Å². The van der Waals surface area contributed by atoms with Crippen LogP contribution in [-0.4, -0.2) is 137 Å². The summed E-state index contributed by atoms with van der Waals surface area (Å²) in [5, 5.41) is 0. The molecule has 0 spiro atoms. The summed E-state index contributed by atoms with van der Waals surface area (Å²) in [5.74, 6) is -1.21. The Morgan fingerprint density at radius 1 is 0.611 bits per heavy atom. The van der Waals surface area contributed by atoms with Crippen LogP contribution in [0, 0.1) is 0 Å². The number of amides is 4. The number of anilines is 2. The van der Waals surface area contributed by atoms with Crippen LogP contribution in [0.4, 0.5) is 24.5 Å². The number of hydrogen-bond donors (Lipinski definition) is 0. The van der Waals surface area contributed by atoms with Crippen molar-refractivity contribution in [1.82, 2.24) is 9.80 Å². The van der Waals surface area contributed by atoms with Crippen molar-refractivity contribution in [3.8, 4) is 28.7 Å². The van der Waals surface area contributed by atoms with Crippen LogP contribution in [0.5, 0.6) is 28.7 Å². The van der Waals surface area contributed by atoms with Crippen LogP contribution in [0.25, 0.3) is 5.57 Å². The van der Waals surface area contributed by atoms with Crippen molar-refractivity contribution in [2.24, 2.45) is 0 Å². The molecule has 0 saturated carbocycles. The Bertz CT molecular complexity index is 2760. The van der Waals surface area contributed by atoms with Gasteiger partial charge in [0.05, 0.1) is 61.9 Å². The fraction of sp³-hybridized carbons (Fsp3) is 0.469. The molecule has 0 saturated heterocycles. The lowest BCUT2D eigenvalue weighted by atomic mass is 10.0. The van der Waals surface area contributed by atoms with Crippen LogP contribution < -0.4 is 33.5 Å². The van der Waals surface area contributed by atoms with Crippen LogP contribution in [0.15, 0.2) is 65.8 Å². The quantitative estimate of drug-likeness (QED) is 0.0738. The number of benzene rings is 3. The monoisotopic (exact) mass is 1060 g/mol. The summed E-state index contributed by atoms with van der Waals surface area (Å²) >= 11 is 0. The second-order valence-corrected chi connectivity index (χ2v) is 33.3. The standard InChI is InChI=1S/C49H61F3N4O13SSi2/c1-63-33-13-11-31(12-14-33)32-21-39-47(59)55(29-66-17-19-71(4,5)6)37-25-43(41(64-2)23-35(37)45(57)53(39)27-32)68-15-10-16-69-44-26-38-36(24-42(44)65-3)46(58)54-28-34(70(61,62)49(50,51)52)22-40(54)48(60)56(38)30-67-18-20-72(7,8)9/h11-14,23-28,39-40H,10,15-22,29-30H2,1-9H3/t39-,40-/m0/s1. The van der Waals surface area contributed by atoms with Gasteiger partial charge in [-0.05, 0) is 47.5 Å². The predicted molar refractivity (Wildman–Crippen MR) is 268 cm³/mol. The largest absolute Gasteiger partial charge is 0.501 e. The first-order valence-electron chi connectivity index (χ1n) is 23.4. The zero-order chi connectivity index (χ0) is 52.5. The molecule has 4 aliphatic heterocycles. The minimum atomic E-state index is -5.85. The van der Waals surface area contributed by atoms with E-state index in [1.807, 2.05) is 24.3 Å². The normalized spacial score (nSPS) is 18.2. The minimum absolute atomic E-state index is 0.000681. The molecule has 23 heteroatoms. The first kappa shape index (κ1) is 53.9. The molecule has 0 bridgehead atoms. The number of ether oxygens (including phenoxy) is 7. The molecule has 0 radical (unpaired) electrons. The third-order valence-electron chi connectivity index (χ3n) is 12.6. The molecule has 0 N–H and O–H groups in total. The molecule has 4 amide bonds. The second kappa shape index (κ2) is 21.3. The van der Waals surface area contributed by atoms with Gasteiger partial charge >= 0.3 is 5.51 Å². The summed E-state index contributed by atoms with van der Waals surface area (Å²) in [6.45, 7) is 13.3. The van der Waals surface area contributed by atoms with Gasteiger partial charge in [-0.25, -0.2) is 8.42 Å². The highest BCUT2D eigenvalue weighted by atomic mass is 32.2. The molecule has 7 rings (SSSR count). The lowest BCUT2D eigenvalue weighted by molar-refractivity contribution is -0.123. The van der Waals surface area contributed by atoms with Crippen LogP contribution in [0.2, 0.25) is 51.4 Å². The van der Waals surface area contributed by atoms with Crippen molar-refractivity contribution in [1.29, 1.82) is 0 Å². The predicted octanol–water partition coefficient (Wildman–Crippen LogP) is 8.12.